The summed E-state index contributed by atoms with van der Waals surface area (Å²) in [6.45, 7) is 11.6. The molecule has 3 aliphatic rings. The molecule has 2 aromatic rings. The fourth-order valence-electron chi connectivity index (χ4n) is 6.33. The van der Waals surface area contributed by atoms with Crippen LogP contribution in [0.4, 0.5) is 11.4 Å². The normalized spacial score (nSPS) is 18.9. The van der Waals surface area contributed by atoms with Crippen LogP contribution in [-0.4, -0.2) is 62.3 Å². The number of hydrogen-bond donors (Lipinski definition) is 0. The van der Waals surface area contributed by atoms with Gasteiger partial charge in [0.25, 0.3) is 0 Å². The summed E-state index contributed by atoms with van der Waals surface area (Å²) >= 11 is 12.6. The number of piperazine rings is 1. The number of rotatable bonds is 13. The van der Waals surface area contributed by atoms with Crippen molar-refractivity contribution in [2.24, 2.45) is 11.3 Å². The van der Waals surface area contributed by atoms with Gasteiger partial charge in [0.2, 0.25) is 5.91 Å². The Kier molecular flexibility index (Phi) is 10.5. The molecule has 0 bridgehead atoms. The Morgan fingerprint density at radius 1 is 1.00 bits per heavy atom. The van der Waals surface area contributed by atoms with Gasteiger partial charge in [0.05, 0.1) is 33.4 Å². The van der Waals surface area contributed by atoms with Crippen molar-refractivity contribution in [2.45, 2.75) is 78.4 Å². The van der Waals surface area contributed by atoms with Crippen LogP contribution >= 0.6 is 23.2 Å². The number of nitrogens with zero attached hydrogens (tertiary/aromatic N) is 3. The Balaban J connectivity index is 1.12. The molecule has 0 radical (unpaired) electrons. The maximum absolute atomic E-state index is 13.2. The van der Waals surface area contributed by atoms with Crippen molar-refractivity contribution < 1.29 is 19.1 Å². The van der Waals surface area contributed by atoms with E-state index in [4.69, 9.17) is 32.7 Å². The maximum atomic E-state index is 13.2. The predicted molar refractivity (Wildman–Crippen MR) is 173 cm³/mol. The van der Waals surface area contributed by atoms with Crippen LogP contribution in [0.2, 0.25) is 10.0 Å². The zero-order valence-corrected chi connectivity index (χ0v) is 27.3. The van der Waals surface area contributed by atoms with Crippen molar-refractivity contribution in [1.29, 1.82) is 0 Å². The minimum absolute atomic E-state index is 0.00535. The van der Waals surface area contributed by atoms with Crippen molar-refractivity contribution in [2.75, 3.05) is 49.1 Å². The molecule has 1 atom stereocenters. The third-order valence-corrected chi connectivity index (χ3v) is 9.85. The molecule has 43 heavy (non-hydrogen) atoms. The van der Waals surface area contributed by atoms with Crippen LogP contribution in [0.15, 0.2) is 36.4 Å². The number of amides is 1. The zero-order chi connectivity index (χ0) is 30.6. The lowest BCUT2D eigenvalue weighted by atomic mass is 9.98. The number of fused-ring (bicyclic) bond motifs is 1. The summed E-state index contributed by atoms with van der Waals surface area (Å²) in [5.74, 6) is 0.540. The highest BCUT2D eigenvalue weighted by atomic mass is 35.5. The number of carbonyl (C=O) groups excluding carboxylic acids is 2. The summed E-state index contributed by atoms with van der Waals surface area (Å²) in [5, 5.41) is 1.22. The fourth-order valence-corrected chi connectivity index (χ4v) is 6.74. The molecule has 2 fully saturated rings. The van der Waals surface area contributed by atoms with Gasteiger partial charge in [-0.1, -0.05) is 62.5 Å². The molecule has 1 saturated carbocycles. The minimum Gasteiger partial charge on any atom is -0.494 e. The van der Waals surface area contributed by atoms with Crippen LogP contribution in [0, 0.1) is 11.3 Å². The summed E-state index contributed by atoms with van der Waals surface area (Å²) < 4.78 is 12.3. The number of unbranched alkanes of at least 4 members (excludes halogenated alkanes) is 1. The molecule has 5 rings (SSSR count). The van der Waals surface area contributed by atoms with Crippen molar-refractivity contribution in [3.63, 3.8) is 0 Å². The Hall–Kier alpha value is -2.48. The molecule has 234 valence electrons. The summed E-state index contributed by atoms with van der Waals surface area (Å²) in [6, 6.07) is 11.8. The molecule has 1 aliphatic carbocycles. The first kappa shape index (κ1) is 31.9. The lowest BCUT2D eigenvalue weighted by Gasteiger charge is -2.38. The van der Waals surface area contributed by atoms with E-state index < -0.39 is 6.23 Å². The van der Waals surface area contributed by atoms with Crippen LogP contribution < -0.4 is 14.5 Å². The molecule has 2 aromatic carbocycles. The largest absolute Gasteiger partial charge is 0.494 e. The minimum atomic E-state index is -0.626. The van der Waals surface area contributed by atoms with Gasteiger partial charge in [0.1, 0.15) is 5.75 Å². The van der Waals surface area contributed by atoms with Crippen LogP contribution in [0.25, 0.3) is 0 Å². The summed E-state index contributed by atoms with van der Waals surface area (Å²) in [4.78, 5) is 32.9. The maximum Gasteiger partial charge on any atom is 0.314 e. The van der Waals surface area contributed by atoms with Gasteiger partial charge in [-0.25, -0.2) is 0 Å². The topological polar surface area (TPSA) is 62.3 Å². The molecule has 2 heterocycles. The lowest BCUT2D eigenvalue weighted by molar-refractivity contribution is -0.159. The van der Waals surface area contributed by atoms with Gasteiger partial charge in [-0.3, -0.25) is 19.4 Å². The Labute approximate surface area is 266 Å². The number of carbonyl (C=O) groups is 2. The fraction of sp³-hybridized carbons (Fsp3) is 0.588. The lowest BCUT2D eigenvalue weighted by Crippen LogP contribution is -2.49. The number of halogens is 2. The Morgan fingerprint density at radius 2 is 1.77 bits per heavy atom. The quantitative estimate of drug-likeness (QED) is 0.170. The van der Waals surface area contributed by atoms with E-state index in [2.05, 4.69) is 22.8 Å². The van der Waals surface area contributed by atoms with E-state index in [0.717, 1.165) is 93.9 Å². The van der Waals surface area contributed by atoms with Crippen LogP contribution in [0.3, 0.4) is 0 Å². The number of esters is 1. The molecule has 1 unspecified atom stereocenters. The second-order valence-electron chi connectivity index (χ2n) is 12.6. The van der Waals surface area contributed by atoms with Crippen LogP contribution in [0.5, 0.6) is 5.75 Å². The Bertz CT molecular complexity index is 1290. The van der Waals surface area contributed by atoms with Crippen LogP contribution in [0.1, 0.15) is 71.3 Å². The summed E-state index contributed by atoms with van der Waals surface area (Å²) in [7, 11) is 0. The van der Waals surface area contributed by atoms with Crippen molar-refractivity contribution >= 4 is 46.5 Å². The third kappa shape index (κ3) is 7.43. The second kappa shape index (κ2) is 14.1. The molecule has 0 aromatic heterocycles. The average Bonchev–Trinajstić information content (AvgIpc) is 3.78. The smallest absolute Gasteiger partial charge is 0.314 e. The van der Waals surface area contributed by atoms with Gasteiger partial charge in [-0.2, -0.15) is 0 Å². The van der Waals surface area contributed by atoms with Gasteiger partial charge >= 0.3 is 5.97 Å². The average molecular weight is 631 g/mol. The van der Waals surface area contributed by atoms with Crippen molar-refractivity contribution in [1.82, 2.24) is 4.90 Å². The van der Waals surface area contributed by atoms with E-state index in [1.54, 1.807) is 4.90 Å². The number of aryl methyl sites for hydroxylation is 1. The molecule has 1 amide bonds. The predicted octanol–water partition coefficient (Wildman–Crippen LogP) is 7.36. The molecule has 9 heteroatoms. The number of anilines is 2. The van der Waals surface area contributed by atoms with Crippen molar-refractivity contribution in [3.8, 4) is 5.75 Å². The van der Waals surface area contributed by atoms with Gasteiger partial charge in [0.15, 0.2) is 6.23 Å². The van der Waals surface area contributed by atoms with Gasteiger partial charge < -0.3 is 14.4 Å². The Morgan fingerprint density at radius 3 is 2.47 bits per heavy atom. The van der Waals surface area contributed by atoms with Gasteiger partial charge in [-0.05, 0) is 68.8 Å². The molecule has 0 spiro atoms. The second-order valence-corrected chi connectivity index (χ2v) is 13.4. The highest BCUT2D eigenvalue weighted by Crippen LogP contribution is 2.51. The molecule has 1 saturated heterocycles. The number of benzene rings is 2. The zero-order valence-electron chi connectivity index (χ0n) is 25.7. The van der Waals surface area contributed by atoms with E-state index in [9.17, 15) is 9.59 Å². The van der Waals surface area contributed by atoms with Crippen LogP contribution in [-0.2, 0) is 20.7 Å². The first-order valence-electron chi connectivity index (χ1n) is 15.9. The van der Waals surface area contributed by atoms with E-state index in [-0.39, 0.29) is 23.2 Å². The molecule has 2 aliphatic heterocycles. The van der Waals surface area contributed by atoms with Gasteiger partial charge in [-0.15, -0.1) is 0 Å². The molecular weight excluding hydrogens is 585 g/mol. The van der Waals surface area contributed by atoms with Crippen molar-refractivity contribution in [3.05, 3.63) is 52.0 Å². The SMILES string of the molecule is CCCC1(C(=O)OC(C(C)C)N2C(=O)CCc3ccc(OCCCCN4CCN(c5cccc(Cl)c5Cl)CC4)cc32)CC1. The van der Waals surface area contributed by atoms with E-state index in [1.165, 1.54) is 0 Å². The monoisotopic (exact) mass is 629 g/mol. The van der Waals surface area contributed by atoms with E-state index >= 15 is 0 Å². The van der Waals surface area contributed by atoms with E-state index in [0.29, 0.717) is 29.5 Å². The standard InChI is InChI=1S/C34H45Cl2N3O4/c1-4-14-34(15-16-34)33(41)43-32(24(2)3)39-29-23-26(12-10-25(29)11-13-30(39)40)42-22-6-5-17-37-18-20-38(21-19-37)28-9-7-8-27(35)31(28)36/h7-10,12,23-24,32H,4-6,11,13-22H2,1-3H3. The molecule has 0 N–H and O–H groups in total. The summed E-state index contributed by atoms with van der Waals surface area (Å²) in [6.07, 6.45) is 5.98. The first-order chi connectivity index (χ1) is 20.7. The number of hydrogen-bond acceptors (Lipinski definition) is 6. The highest BCUT2D eigenvalue weighted by Gasteiger charge is 2.51. The third-order valence-electron chi connectivity index (χ3n) is 9.04. The van der Waals surface area contributed by atoms with E-state index in [1.807, 2.05) is 44.2 Å². The highest BCUT2D eigenvalue weighted by molar-refractivity contribution is 6.43. The van der Waals surface area contributed by atoms with Gasteiger partial charge in [0, 0.05) is 44.6 Å². The first-order valence-corrected chi connectivity index (χ1v) is 16.7. The molecular formula is C34H45Cl2N3O4. The number of ether oxygens (including phenoxy) is 2. The molecule has 7 nitrogen and oxygen atoms in total. The summed E-state index contributed by atoms with van der Waals surface area (Å²) in [5.41, 5.74) is 2.54.